The molecule has 0 unspecified atom stereocenters. The molecule has 0 fully saturated rings. The number of aromatic nitrogens is 1. The molecule has 0 saturated carbocycles. The van der Waals surface area contributed by atoms with Gasteiger partial charge in [-0.3, -0.25) is 9.78 Å². The van der Waals surface area contributed by atoms with E-state index in [-0.39, 0.29) is 12.5 Å². The van der Waals surface area contributed by atoms with E-state index >= 15 is 0 Å². The lowest BCUT2D eigenvalue weighted by molar-refractivity contribution is -0.135. The number of ether oxygens (including phenoxy) is 1. The van der Waals surface area contributed by atoms with Crippen LogP contribution in [-0.4, -0.2) is 36.1 Å². The zero-order valence-corrected chi connectivity index (χ0v) is 12.2. The van der Waals surface area contributed by atoms with E-state index in [1.54, 1.807) is 6.20 Å². The number of carbonyl (C=O) groups excluding carboxylic acids is 1. The summed E-state index contributed by atoms with van der Waals surface area (Å²) in [4.78, 5) is 18.3. The second kappa shape index (κ2) is 8.17. The van der Waals surface area contributed by atoms with Gasteiger partial charge in [0, 0.05) is 38.5 Å². The molecule has 0 aliphatic carbocycles. The molecule has 0 N–H and O–H groups in total. The zero-order valence-electron chi connectivity index (χ0n) is 12.2. The molecule has 4 nitrogen and oxygen atoms in total. The van der Waals surface area contributed by atoms with Gasteiger partial charge in [0.05, 0.1) is 0 Å². The first kappa shape index (κ1) is 15.2. The van der Waals surface area contributed by atoms with Gasteiger partial charge < -0.3 is 9.64 Å². The van der Waals surface area contributed by atoms with Crippen molar-refractivity contribution in [3.05, 3.63) is 66.0 Å². The number of benzene rings is 1. The fourth-order valence-electron chi connectivity index (χ4n) is 2.11. The molecule has 0 radical (unpaired) electrons. The zero-order chi connectivity index (χ0) is 14.9. The Kier molecular flexibility index (Phi) is 5.91. The minimum absolute atomic E-state index is 0.00251. The van der Waals surface area contributed by atoms with Crippen LogP contribution in [0.4, 0.5) is 0 Å². The highest BCUT2D eigenvalue weighted by molar-refractivity contribution is 5.77. The van der Waals surface area contributed by atoms with E-state index in [0.717, 1.165) is 17.7 Å². The van der Waals surface area contributed by atoms with Crippen LogP contribution < -0.4 is 0 Å². The smallest absolute Gasteiger partial charge is 0.248 e. The molecule has 0 atom stereocenters. The Labute approximate surface area is 125 Å². The number of carbonyl (C=O) groups is 1. The van der Waals surface area contributed by atoms with Crippen LogP contribution >= 0.6 is 0 Å². The molecule has 21 heavy (non-hydrogen) atoms. The molecule has 0 bridgehead atoms. The molecule has 1 aromatic carbocycles. The van der Waals surface area contributed by atoms with Gasteiger partial charge in [0.2, 0.25) is 5.91 Å². The van der Waals surface area contributed by atoms with Crippen LogP contribution in [0.5, 0.6) is 0 Å². The van der Waals surface area contributed by atoms with Crippen LogP contribution in [0.25, 0.3) is 0 Å². The van der Waals surface area contributed by atoms with Gasteiger partial charge in [0.25, 0.3) is 0 Å². The molecule has 0 spiro atoms. The van der Waals surface area contributed by atoms with Gasteiger partial charge in [-0.1, -0.05) is 36.4 Å². The summed E-state index contributed by atoms with van der Waals surface area (Å²) >= 11 is 0. The lowest BCUT2D eigenvalue weighted by Crippen LogP contribution is -2.35. The molecule has 110 valence electrons. The van der Waals surface area contributed by atoms with Crippen molar-refractivity contribution in [1.82, 2.24) is 9.88 Å². The van der Waals surface area contributed by atoms with Crippen molar-refractivity contribution < 1.29 is 9.53 Å². The predicted molar refractivity (Wildman–Crippen MR) is 81.7 cm³/mol. The highest BCUT2D eigenvalue weighted by Gasteiger charge is 2.13. The summed E-state index contributed by atoms with van der Waals surface area (Å²) in [5, 5.41) is 0. The molecule has 2 rings (SSSR count). The fraction of sp³-hybridized carbons (Fsp3) is 0.294. The molecule has 1 heterocycles. The van der Waals surface area contributed by atoms with Crippen LogP contribution in [0.3, 0.4) is 0 Å². The van der Waals surface area contributed by atoms with E-state index in [1.807, 2.05) is 53.4 Å². The second-order valence-electron chi connectivity index (χ2n) is 4.80. The number of hydrogen-bond donors (Lipinski definition) is 0. The van der Waals surface area contributed by atoms with E-state index in [0.29, 0.717) is 13.1 Å². The van der Waals surface area contributed by atoms with Crippen molar-refractivity contribution in [3.63, 3.8) is 0 Å². The molecule has 1 aromatic heterocycles. The van der Waals surface area contributed by atoms with Crippen molar-refractivity contribution in [3.8, 4) is 0 Å². The number of rotatable bonds is 7. The molecule has 1 amide bonds. The van der Waals surface area contributed by atoms with Gasteiger partial charge >= 0.3 is 0 Å². The van der Waals surface area contributed by atoms with Crippen LogP contribution in [0.15, 0.2) is 54.7 Å². The molecule has 2 aromatic rings. The first-order valence-corrected chi connectivity index (χ1v) is 7.00. The van der Waals surface area contributed by atoms with Crippen molar-refractivity contribution in [1.29, 1.82) is 0 Å². The third-order valence-electron chi connectivity index (χ3n) is 3.20. The Morgan fingerprint density at radius 1 is 1.14 bits per heavy atom. The van der Waals surface area contributed by atoms with Gasteiger partial charge in [-0.05, 0) is 17.7 Å². The Morgan fingerprint density at radius 3 is 2.57 bits per heavy atom. The molecule has 4 heteroatoms. The third kappa shape index (κ3) is 5.00. The van der Waals surface area contributed by atoms with Crippen LogP contribution in [0, 0.1) is 0 Å². The van der Waals surface area contributed by atoms with Crippen molar-refractivity contribution in [2.75, 3.05) is 20.3 Å². The maximum absolute atomic E-state index is 12.1. The normalized spacial score (nSPS) is 10.3. The van der Waals surface area contributed by atoms with Crippen LogP contribution in [-0.2, 0) is 22.5 Å². The van der Waals surface area contributed by atoms with Crippen molar-refractivity contribution in [2.45, 2.75) is 13.0 Å². The molecular weight excluding hydrogens is 264 g/mol. The minimum Gasteiger partial charge on any atom is -0.375 e. The fourth-order valence-corrected chi connectivity index (χ4v) is 2.11. The summed E-state index contributed by atoms with van der Waals surface area (Å²) in [6.45, 7) is 1.33. The number of amides is 1. The number of hydrogen-bond acceptors (Lipinski definition) is 3. The summed E-state index contributed by atoms with van der Waals surface area (Å²) in [6, 6.07) is 15.8. The van der Waals surface area contributed by atoms with Crippen LogP contribution in [0.1, 0.15) is 11.3 Å². The van der Waals surface area contributed by atoms with Gasteiger partial charge in [-0.2, -0.15) is 0 Å². The summed E-state index contributed by atoms with van der Waals surface area (Å²) < 4.78 is 4.97. The van der Waals surface area contributed by atoms with Crippen molar-refractivity contribution in [2.24, 2.45) is 0 Å². The van der Waals surface area contributed by atoms with Gasteiger partial charge in [0.15, 0.2) is 0 Å². The Hall–Kier alpha value is -2.20. The van der Waals surface area contributed by atoms with E-state index in [9.17, 15) is 4.79 Å². The second-order valence-corrected chi connectivity index (χ2v) is 4.80. The van der Waals surface area contributed by atoms with E-state index in [2.05, 4.69) is 4.98 Å². The SMILES string of the molecule is COCC(=O)N(CCc1ccccn1)Cc1ccccc1. The summed E-state index contributed by atoms with van der Waals surface area (Å²) in [5.41, 5.74) is 2.10. The standard InChI is InChI=1S/C17H20N2O2/c1-21-14-17(20)19(13-15-7-3-2-4-8-15)12-10-16-9-5-6-11-18-16/h2-9,11H,10,12-14H2,1H3. The highest BCUT2D eigenvalue weighted by Crippen LogP contribution is 2.07. The maximum Gasteiger partial charge on any atom is 0.248 e. The summed E-state index contributed by atoms with van der Waals surface area (Å²) in [6.07, 6.45) is 2.51. The monoisotopic (exact) mass is 284 g/mol. The summed E-state index contributed by atoms with van der Waals surface area (Å²) in [5.74, 6) is -0.00251. The number of methoxy groups -OCH3 is 1. The Bertz CT molecular complexity index is 543. The van der Waals surface area contributed by atoms with Gasteiger partial charge in [0.1, 0.15) is 6.61 Å². The molecule has 0 aliphatic rings. The first-order valence-electron chi connectivity index (χ1n) is 7.00. The Balaban J connectivity index is 2.00. The maximum atomic E-state index is 12.1. The summed E-state index contributed by atoms with van der Waals surface area (Å²) in [7, 11) is 1.54. The minimum atomic E-state index is -0.00251. The topological polar surface area (TPSA) is 42.4 Å². The molecule has 0 aliphatic heterocycles. The van der Waals surface area contributed by atoms with E-state index < -0.39 is 0 Å². The van der Waals surface area contributed by atoms with Gasteiger partial charge in [-0.15, -0.1) is 0 Å². The van der Waals surface area contributed by atoms with E-state index in [1.165, 1.54) is 7.11 Å². The number of nitrogens with zero attached hydrogens (tertiary/aromatic N) is 2. The lowest BCUT2D eigenvalue weighted by Gasteiger charge is -2.22. The molecular formula is C17H20N2O2. The Morgan fingerprint density at radius 2 is 1.90 bits per heavy atom. The van der Waals surface area contributed by atoms with E-state index in [4.69, 9.17) is 4.74 Å². The predicted octanol–water partition coefficient (Wildman–Crippen LogP) is 2.30. The van der Waals surface area contributed by atoms with Crippen molar-refractivity contribution >= 4 is 5.91 Å². The highest BCUT2D eigenvalue weighted by atomic mass is 16.5. The van der Waals surface area contributed by atoms with Gasteiger partial charge in [-0.25, -0.2) is 0 Å². The quantitative estimate of drug-likeness (QED) is 0.783. The van der Waals surface area contributed by atoms with Crippen LogP contribution in [0.2, 0.25) is 0 Å². The average molecular weight is 284 g/mol. The lowest BCUT2D eigenvalue weighted by atomic mass is 10.2. The number of pyridine rings is 1. The third-order valence-corrected chi connectivity index (χ3v) is 3.20. The molecule has 0 saturated heterocycles. The largest absolute Gasteiger partial charge is 0.375 e. The first-order chi connectivity index (χ1) is 10.3. The average Bonchev–Trinajstić information content (AvgIpc) is 2.53.